The molecule has 2 aliphatic carbocycles. The number of halogens is 2. The number of pyridine rings is 2. The fourth-order valence-electron chi connectivity index (χ4n) is 7.35. The summed E-state index contributed by atoms with van der Waals surface area (Å²) in [7, 11) is 0. The lowest BCUT2D eigenvalue weighted by molar-refractivity contribution is 0.249. The van der Waals surface area contributed by atoms with Crippen molar-refractivity contribution in [3.8, 4) is 46.6 Å². The van der Waals surface area contributed by atoms with Crippen molar-refractivity contribution in [3.05, 3.63) is 142 Å². The Morgan fingerprint density at radius 1 is 0.648 bits per heavy atom. The molecule has 2 heterocycles. The molecule has 7 aromatic rings. The van der Waals surface area contributed by atoms with Crippen molar-refractivity contribution < 1.29 is 28.5 Å². The van der Waals surface area contributed by atoms with Gasteiger partial charge in [0.25, 0.3) is 0 Å². The second-order valence-electron chi connectivity index (χ2n) is 16.8. The van der Waals surface area contributed by atoms with Gasteiger partial charge in [0.05, 0.1) is 50.2 Å². The number of hydrogen-bond acceptors (Lipinski definition) is 11. The number of ether oxygens (including phenoxy) is 4. The van der Waals surface area contributed by atoms with Gasteiger partial charge in [-0.15, -0.1) is 0 Å². The molecule has 2 fully saturated rings. The minimum atomic E-state index is -0.280. The van der Waals surface area contributed by atoms with Crippen LogP contribution in [0.1, 0.15) is 62.6 Å². The highest BCUT2D eigenvalue weighted by molar-refractivity contribution is 6.34. The first-order chi connectivity index (χ1) is 34.6. The van der Waals surface area contributed by atoms with E-state index in [1.54, 1.807) is 85.2 Å². The van der Waals surface area contributed by atoms with Gasteiger partial charge in [-0.3, -0.25) is 9.97 Å². The Kier molecular flexibility index (Phi) is 16.5. The van der Waals surface area contributed by atoms with Gasteiger partial charge < -0.3 is 45.1 Å². The van der Waals surface area contributed by atoms with Crippen LogP contribution in [-0.2, 0) is 6.61 Å². The van der Waals surface area contributed by atoms with Gasteiger partial charge >= 0.3 is 12.1 Å². The normalized spacial score (nSPS) is 12.7. The minimum absolute atomic E-state index is 0.249. The molecule has 15 nitrogen and oxygen atoms in total. The zero-order valence-electron chi connectivity index (χ0n) is 39.1. The Hall–Kier alpha value is -7.82. The Morgan fingerprint density at radius 2 is 1.14 bits per heavy atom. The standard InChI is InChI=1S/C27H30ClN5O3.C27H21ClN4O3/c1-3-33(4-2)12-5-13-35-26-16-24-21(14-18(26)17-29)25(10-11-30-24)36-20-8-9-23(22(28)15-20)32-27(34)31-19-6-7-19;28-22-13-20(8-9-23(22)32-27(33)31-19-6-7-19)35-25-10-11-30-24-14-26(18(15-29)12-21(24)25)34-16-17-4-2-1-3-5-17/h8-11,14-16,19H,3-7,12-13H2,1-2H3,(H2,31,32,34);1-5,8-14,19H,6-7,16H2,(H2,31,32,33). The minimum Gasteiger partial charge on any atom is -0.492 e. The van der Waals surface area contributed by atoms with Gasteiger partial charge in [-0.2, -0.15) is 10.5 Å². The summed E-state index contributed by atoms with van der Waals surface area (Å²) in [6, 6.07) is 34.6. The first-order valence-electron chi connectivity index (χ1n) is 23.4. The third kappa shape index (κ3) is 13.7. The van der Waals surface area contributed by atoms with Crippen LogP contribution in [0.15, 0.2) is 116 Å². The lowest BCUT2D eigenvalue weighted by Gasteiger charge is -2.18. The van der Waals surface area contributed by atoms with Crippen LogP contribution in [0.2, 0.25) is 10.0 Å². The topological polar surface area (TPSA) is 196 Å². The number of anilines is 2. The van der Waals surface area contributed by atoms with Crippen LogP contribution in [-0.4, -0.2) is 65.3 Å². The molecule has 4 N–H and O–H groups in total. The Balaban J connectivity index is 0.000000190. The monoisotopic (exact) mass is 991 g/mol. The summed E-state index contributed by atoms with van der Waals surface area (Å²) in [5.74, 6) is 3.00. The number of benzene rings is 5. The number of nitriles is 2. The van der Waals surface area contributed by atoms with E-state index in [2.05, 4.69) is 62.1 Å². The van der Waals surface area contributed by atoms with E-state index >= 15 is 0 Å². The van der Waals surface area contributed by atoms with Crippen molar-refractivity contribution in [3.63, 3.8) is 0 Å². The van der Waals surface area contributed by atoms with E-state index in [1.807, 2.05) is 30.3 Å². The van der Waals surface area contributed by atoms with Gasteiger partial charge in [0.15, 0.2) is 0 Å². The lowest BCUT2D eigenvalue weighted by atomic mass is 10.1. The molecule has 2 aliphatic rings. The molecule has 0 unspecified atom stereocenters. The average Bonchev–Trinajstić information content (AvgIpc) is 4.34. The van der Waals surface area contributed by atoms with Crippen molar-refractivity contribution in [1.82, 2.24) is 25.5 Å². The van der Waals surface area contributed by atoms with Gasteiger partial charge in [-0.25, -0.2) is 9.59 Å². The second-order valence-corrected chi connectivity index (χ2v) is 17.6. The summed E-state index contributed by atoms with van der Waals surface area (Å²) in [5, 5.41) is 32.7. The van der Waals surface area contributed by atoms with Gasteiger partial charge in [0.1, 0.15) is 53.2 Å². The predicted octanol–water partition coefficient (Wildman–Crippen LogP) is 12.4. The van der Waals surface area contributed by atoms with Gasteiger partial charge in [0, 0.05) is 66.1 Å². The third-order valence-corrected chi connectivity index (χ3v) is 12.1. The molecule has 362 valence electrons. The highest BCUT2D eigenvalue weighted by atomic mass is 35.5. The van der Waals surface area contributed by atoms with Gasteiger partial charge in [-0.1, -0.05) is 67.4 Å². The Morgan fingerprint density at radius 3 is 1.59 bits per heavy atom. The third-order valence-electron chi connectivity index (χ3n) is 11.5. The molecule has 2 aromatic heterocycles. The second kappa shape index (κ2) is 23.7. The van der Waals surface area contributed by atoms with E-state index in [1.165, 1.54) is 0 Å². The van der Waals surface area contributed by atoms with E-state index in [4.69, 9.17) is 42.1 Å². The number of urea groups is 2. The molecule has 17 heteroatoms. The molecule has 2 saturated carbocycles. The maximum Gasteiger partial charge on any atom is 0.319 e. The van der Waals surface area contributed by atoms with Crippen LogP contribution in [0.5, 0.6) is 34.5 Å². The lowest BCUT2D eigenvalue weighted by Crippen LogP contribution is -2.30. The Labute approximate surface area is 421 Å². The van der Waals surface area contributed by atoms with E-state index in [-0.39, 0.29) is 24.1 Å². The largest absolute Gasteiger partial charge is 0.492 e. The Bertz CT molecular complexity index is 3120. The molecular weight excluding hydrogens is 942 g/mol. The molecule has 0 aliphatic heterocycles. The molecule has 0 bridgehead atoms. The summed E-state index contributed by atoms with van der Waals surface area (Å²) in [6.45, 7) is 8.09. The van der Waals surface area contributed by atoms with E-state index in [0.717, 1.165) is 57.3 Å². The van der Waals surface area contributed by atoms with Crippen LogP contribution in [0.3, 0.4) is 0 Å². The van der Waals surface area contributed by atoms with Crippen molar-refractivity contribution in [2.75, 3.05) is 36.9 Å². The van der Waals surface area contributed by atoms with Crippen LogP contribution in [0.25, 0.3) is 21.8 Å². The van der Waals surface area contributed by atoms with E-state index < -0.39 is 0 Å². The number of aromatic nitrogens is 2. The number of carbonyl (C=O) groups excluding carboxylic acids is 2. The zero-order valence-corrected chi connectivity index (χ0v) is 40.6. The van der Waals surface area contributed by atoms with Gasteiger partial charge in [-0.05, 0) is 99.3 Å². The quantitative estimate of drug-likeness (QED) is 0.0597. The zero-order chi connectivity index (χ0) is 49.7. The number of fused-ring (bicyclic) bond motifs is 2. The molecule has 71 heavy (non-hydrogen) atoms. The number of amides is 4. The molecule has 0 spiro atoms. The van der Waals surface area contributed by atoms with E-state index in [0.29, 0.717) is 102 Å². The molecule has 4 amide bonds. The first-order valence-corrected chi connectivity index (χ1v) is 24.1. The molecule has 0 radical (unpaired) electrons. The van der Waals surface area contributed by atoms with Gasteiger partial charge in [0.2, 0.25) is 0 Å². The van der Waals surface area contributed by atoms with Crippen molar-refractivity contribution >= 4 is 68.4 Å². The first kappa shape index (κ1) is 49.6. The van der Waals surface area contributed by atoms with Crippen LogP contribution in [0.4, 0.5) is 21.0 Å². The highest BCUT2D eigenvalue weighted by Crippen LogP contribution is 2.37. The van der Waals surface area contributed by atoms with Crippen molar-refractivity contribution in [1.29, 1.82) is 10.5 Å². The van der Waals surface area contributed by atoms with Crippen molar-refractivity contribution in [2.24, 2.45) is 0 Å². The SMILES string of the molecule is CCN(CC)CCCOc1cc2nccc(Oc3ccc(NC(=O)NC4CC4)c(Cl)c3)c2cc1C#N.N#Cc1cc2c(Oc3ccc(NC(=O)NC4CC4)c(Cl)c3)ccnc2cc1OCc1ccccc1. The number of nitrogens with one attached hydrogen (secondary N) is 4. The summed E-state index contributed by atoms with van der Waals surface area (Å²) < 4.78 is 24.0. The van der Waals surface area contributed by atoms with E-state index in [9.17, 15) is 20.1 Å². The fourth-order valence-corrected chi connectivity index (χ4v) is 7.79. The van der Waals surface area contributed by atoms with Crippen LogP contribution < -0.4 is 40.2 Å². The predicted molar refractivity (Wildman–Crippen MR) is 275 cm³/mol. The smallest absolute Gasteiger partial charge is 0.319 e. The summed E-state index contributed by atoms with van der Waals surface area (Å²) in [5.41, 5.74) is 4.08. The summed E-state index contributed by atoms with van der Waals surface area (Å²) >= 11 is 12.7. The summed E-state index contributed by atoms with van der Waals surface area (Å²) in [6.07, 6.45) is 8.16. The number of carbonyl (C=O) groups is 2. The molecule has 0 atom stereocenters. The maximum atomic E-state index is 12.0. The molecule has 9 rings (SSSR count). The highest BCUT2D eigenvalue weighted by Gasteiger charge is 2.25. The average molecular weight is 993 g/mol. The van der Waals surface area contributed by atoms with Crippen molar-refractivity contribution in [2.45, 2.75) is 64.6 Å². The van der Waals surface area contributed by atoms with Crippen LogP contribution >= 0.6 is 23.2 Å². The molecular formula is C54H51Cl2N9O6. The summed E-state index contributed by atoms with van der Waals surface area (Å²) in [4.78, 5) is 35.2. The number of rotatable bonds is 18. The van der Waals surface area contributed by atoms with Crippen LogP contribution in [0, 0.1) is 22.7 Å². The number of hydrogen-bond donors (Lipinski definition) is 4. The molecule has 0 saturated heterocycles. The molecule has 5 aromatic carbocycles. The maximum absolute atomic E-state index is 12.0. The number of nitrogens with zero attached hydrogens (tertiary/aromatic N) is 5. The fraction of sp³-hybridized carbons (Fsp3) is 0.259.